The van der Waals surface area contributed by atoms with Crippen molar-refractivity contribution < 1.29 is 23.5 Å². The number of halogens is 1. The highest BCUT2D eigenvalue weighted by Crippen LogP contribution is 2.33. The maximum Gasteiger partial charge on any atom is 0.268 e. The molecule has 1 N–H and O–H groups in total. The molecular weight excluding hydrogens is 365 g/mol. The van der Waals surface area contributed by atoms with E-state index in [9.17, 15) is 18.8 Å². The number of amides is 3. The molecule has 0 saturated carbocycles. The van der Waals surface area contributed by atoms with Gasteiger partial charge in [0.05, 0.1) is 12.2 Å². The van der Waals surface area contributed by atoms with E-state index in [1.165, 1.54) is 35.0 Å². The molecule has 1 aliphatic rings. The van der Waals surface area contributed by atoms with Crippen LogP contribution in [0.4, 0.5) is 15.8 Å². The van der Waals surface area contributed by atoms with E-state index in [0.717, 1.165) is 0 Å². The average Bonchev–Trinajstić information content (AvgIpc) is 2.65. The Balaban J connectivity index is 1.64. The summed E-state index contributed by atoms with van der Waals surface area (Å²) in [5.41, 5.74) is 0.813. The number of likely N-dealkylation sites (N-methyl/N-ethyl adjacent to an activating group) is 1. The molecule has 3 amide bonds. The highest BCUT2D eigenvalue weighted by atomic mass is 19.1. The van der Waals surface area contributed by atoms with Crippen molar-refractivity contribution in [3.63, 3.8) is 0 Å². The van der Waals surface area contributed by atoms with E-state index in [1.807, 2.05) is 0 Å². The van der Waals surface area contributed by atoms with Crippen LogP contribution in [0.15, 0.2) is 48.5 Å². The van der Waals surface area contributed by atoms with Gasteiger partial charge in [0.25, 0.3) is 5.91 Å². The molecule has 8 heteroatoms. The van der Waals surface area contributed by atoms with Gasteiger partial charge in [0.15, 0.2) is 6.10 Å². The first-order valence-corrected chi connectivity index (χ1v) is 8.71. The van der Waals surface area contributed by atoms with E-state index in [0.29, 0.717) is 17.1 Å². The second-order valence-electron chi connectivity index (χ2n) is 6.46. The summed E-state index contributed by atoms with van der Waals surface area (Å²) in [6.45, 7) is 1.17. The summed E-state index contributed by atoms with van der Waals surface area (Å²) in [5, 5.41) is 2.53. The summed E-state index contributed by atoms with van der Waals surface area (Å²) >= 11 is 0. The van der Waals surface area contributed by atoms with Crippen molar-refractivity contribution in [2.45, 2.75) is 13.0 Å². The average molecular weight is 385 g/mol. The Morgan fingerprint density at radius 3 is 2.71 bits per heavy atom. The zero-order valence-electron chi connectivity index (χ0n) is 15.5. The lowest BCUT2D eigenvalue weighted by atomic mass is 10.2. The van der Waals surface area contributed by atoms with Crippen molar-refractivity contribution in [1.29, 1.82) is 0 Å². The maximum absolute atomic E-state index is 13.2. The summed E-state index contributed by atoms with van der Waals surface area (Å²) in [5.74, 6) is -1.16. The molecule has 0 spiro atoms. The van der Waals surface area contributed by atoms with Gasteiger partial charge in [-0.1, -0.05) is 18.2 Å². The molecule has 146 valence electrons. The highest BCUT2D eigenvalue weighted by molar-refractivity contribution is 6.04. The Morgan fingerprint density at radius 1 is 1.21 bits per heavy atom. The first kappa shape index (κ1) is 19.3. The standard InChI is InChI=1S/C20H20FN3O4/c1-13-20(27)24(16-8-3-4-9-17(16)28-13)12-19(26)23(2)11-18(25)22-15-7-5-6-14(21)10-15/h3-10,13H,11-12H2,1-2H3,(H,22,25). The van der Waals surface area contributed by atoms with Crippen LogP contribution in [0, 0.1) is 5.82 Å². The van der Waals surface area contributed by atoms with E-state index in [2.05, 4.69) is 5.32 Å². The Labute approximate surface area is 161 Å². The van der Waals surface area contributed by atoms with Gasteiger partial charge in [-0.15, -0.1) is 0 Å². The number of hydrogen-bond donors (Lipinski definition) is 1. The van der Waals surface area contributed by atoms with Gasteiger partial charge in [0.2, 0.25) is 11.8 Å². The Kier molecular flexibility index (Phi) is 5.58. The lowest BCUT2D eigenvalue weighted by Crippen LogP contribution is -2.49. The van der Waals surface area contributed by atoms with Crippen molar-refractivity contribution in [2.24, 2.45) is 0 Å². The molecule has 0 aliphatic carbocycles. The molecule has 3 rings (SSSR count). The van der Waals surface area contributed by atoms with E-state index in [1.54, 1.807) is 37.3 Å². The quantitative estimate of drug-likeness (QED) is 0.854. The number of ether oxygens (including phenoxy) is 1. The maximum atomic E-state index is 13.2. The predicted molar refractivity (Wildman–Crippen MR) is 102 cm³/mol. The number of anilines is 2. The van der Waals surface area contributed by atoms with Crippen LogP contribution >= 0.6 is 0 Å². The smallest absolute Gasteiger partial charge is 0.268 e. The summed E-state index contributed by atoms with van der Waals surface area (Å²) in [4.78, 5) is 39.7. The molecule has 28 heavy (non-hydrogen) atoms. The molecule has 1 heterocycles. The molecule has 1 atom stereocenters. The lowest BCUT2D eigenvalue weighted by molar-refractivity contribution is -0.134. The monoisotopic (exact) mass is 385 g/mol. The molecule has 0 fully saturated rings. The second kappa shape index (κ2) is 8.08. The van der Waals surface area contributed by atoms with E-state index >= 15 is 0 Å². The number of para-hydroxylation sites is 2. The third-order valence-electron chi connectivity index (χ3n) is 4.28. The molecule has 2 aromatic carbocycles. The Hall–Kier alpha value is -3.42. The third kappa shape index (κ3) is 4.28. The molecule has 0 saturated heterocycles. The Bertz CT molecular complexity index is 918. The fraction of sp³-hybridized carbons (Fsp3) is 0.250. The van der Waals surface area contributed by atoms with Crippen LogP contribution in [0.25, 0.3) is 0 Å². The van der Waals surface area contributed by atoms with E-state index < -0.39 is 23.7 Å². The molecule has 0 aromatic heterocycles. The first-order valence-electron chi connectivity index (χ1n) is 8.71. The van der Waals surface area contributed by atoms with Gasteiger partial charge in [-0.25, -0.2) is 4.39 Å². The highest BCUT2D eigenvalue weighted by Gasteiger charge is 2.33. The van der Waals surface area contributed by atoms with Crippen molar-refractivity contribution in [3.8, 4) is 5.75 Å². The van der Waals surface area contributed by atoms with Crippen molar-refractivity contribution in [2.75, 3.05) is 30.4 Å². The van der Waals surface area contributed by atoms with Crippen LogP contribution in [-0.2, 0) is 14.4 Å². The number of rotatable bonds is 5. The molecule has 2 aromatic rings. The summed E-state index contributed by atoms with van der Waals surface area (Å²) in [6.07, 6.45) is -0.704. The fourth-order valence-electron chi connectivity index (χ4n) is 2.85. The SMILES string of the molecule is CC1Oc2ccccc2N(CC(=O)N(C)CC(=O)Nc2cccc(F)c2)C1=O. The lowest BCUT2D eigenvalue weighted by Gasteiger charge is -2.33. The van der Waals surface area contributed by atoms with E-state index in [4.69, 9.17) is 4.74 Å². The number of benzene rings is 2. The summed E-state index contributed by atoms with van der Waals surface area (Å²) < 4.78 is 18.7. The van der Waals surface area contributed by atoms with Gasteiger partial charge in [0, 0.05) is 12.7 Å². The van der Waals surface area contributed by atoms with Gasteiger partial charge in [0.1, 0.15) is 18.1 Å². The van der Waals surface area contributed by atoms with Gasteiger partial charge in [-0.2, -0.15) is 0 Å². The number of carbonyl (C=O) groups excluding carboxylic acids is 3. The molecule has 7 nitrogen and oxygen atoms in total. The van der Waals surface area contributed by atoms with Crippen LogP contribution in [0.1, 0.15) is 6.92 Å². The van der Waals surface area contributed by atoms with Gasteiger partial charge >= 0.3 is 0 Å². The van der Waals surface area contributed by atoms with Crippen LogP contribution in [-0.4, -0.2) is 48.9 Å². The number of hydrogen-bond acceptors (Lipinski definition) is 4. The number of nitrogens with zero attached hydrogens (tertiary/aromatic N) is 2. The largest absolute Gasteiger partial charge is 0.479 e. The number of nitrogens with one attached hydrogen (secondary N) is 1. The van der Waals surface area contributed by atoms with Crippen LogP contribution in [0.5, 0.6) is 5.75 Å². The summed E-state index contributed by atoms with van der Waals surface area (Å²) in [7, 11) is 1.47. The molecule has 1 aliphatic heterocycles. The van der Waals surface area contributed by atoms with Crippen LogP contribution in [0.3, 0.4) is 0 Å². The van der Waals surface area contributed by atoms with Gasteiger partial charge in [-0.3, -0.25) is 19.3 Å². The molecular formula is C20H20FN3O4. The third-order valence-corrected chi connectivity index (χ3v) is 4.28. The molecule has 0 radical (unpaired) electrons. The molecule has 1 unspecified atom stereocenters. The van der Waals surface area contributed by atoms with Gasteiger partial charge < -0.3 is 15.0 Å². The minimum atomic E-state index is -0.704. The van der Waals surface area contributed by atoms with Crippen LogP contribution in [0.2, 0.25) is 0 Å². The van der Waals surface area contributed by atoms with Crippen molar-refractivity contribution in [3.05, 3.63) is 54.3 Å². The topological polar surface area (TPSA) is 79.0 Å². The first-order chi connectivity index (χ1) is 13.3. The van der Waals surface area contributed by atoms with Crippen LogP contribution < -0.4 is 15.0 Å². The molecule has 0 bridgehead atoms. The zero-order chi connectivity index (χ0) is 20.3. The minimum Gasteiger partial charge on any atom is -0.479 e. The van der Waals surface area contributed by atoms with Crippen molar-refractivity contribution >= 4 is 29.1 Å². The number of carbonyl (C=O) groups is 3. The normalized spacial score (nSPS) is 15.5. The zero-order valence-corrected chi connectivity index (χ0v) is 15.5. The fourth-order valence-corrected chi connectivity index (χ4v) is 2.85. The van der Waals surface area contributed by atoms with Gasteiger partial charge in [-0.05, 0) is 37.3 Å². The Morgan fingerprint density at radius 2 is 1.96 bits per heavy atom. The number of fused-ring (bicyclic) bond motifs is 1. The van der Waals surface area contributed by atoms with Crippen molar-refractivity contribution in [1.82, 2.24) is 4.90 Å². The predicted octanol–water partition coefficient (Wildman–Crippen LogP) is 2.04. The second-order valence-corrected chi connectivity index (χ2v) is 6.46. The summed E-state index contributed by atoms with van der Waals surface area (Å²) in [6, 6.07) is 12.4. The minimum absolute atomic E-state index is 0.215. The van der Waals surface area contributed by atoms with E-state index in [-0.39, 0.29) is 19.0 Å².